The summed E-state index contributed by atoms with van der Waals surface area (Å²) >= 11 is 0. The van der Waals surface area contributed by atoms with Crippen LogP contribution in [0.15, 0.2) is 10.6 Å². The Hall–Kier alpha value is -1.32. The van der Waals surface area contributed by atoms with Crippen LogP contribution >= 0.6 is 0 Å². The SMILES string of the molecule is CCC(CC)c1cc(C(=O)N2CCCC2C2CCCC2)on1. The molecule has 0 radical (unpaired) electrons. The van der Waals surface area contributed by atoms with Gasteiger partial charge < -0.3 is 9.42 Å². The van der Waals surface area contributed by atoms with Crippen molar-refractivity contribution in [1.29, 1.82) is 0 Å². The minimum absolute atomic E-state index is 0.0547. The molecule has 4 nitrogen and oxygen atoms in total. The van der Waals surface area contributed by atoms with Crippen LogP contribution in [0.5, 0.6) is 0 Å². The molecule has 1 saturated carbocycles. The summed E-state index contributed by atoms with van der Waals surface area (Å²) in [5.74, 6) is 1.59. The smallest absolute Gasteiger partial charge is 0.292 e. The van der Waals surface area contributed by atoms with Gasteiger partial charge in [0.25, 0.3) is 5.91 Å². The Labute approximate surface area is 133 Å². The van der Waals surface area contributed by atoms with E-state index in [1.807, 2.05) is 6.07 Å². The first-order chi connectivity index (χ1) is 10.7. The lowest BCUT2D eigenvalue weighted by Crippen LogP contribution is -2.39. The molecule has 2 fully saturated rings. The van der Waals surface area contributed by atoms with Gasteiger partial charge in [0.05, 0.1) is 5.69 Å². The second kappa shape index (κ2) is 6.84. The number of carbonyl (C=O) groups excluding carboxylic acids is 1. The van der Waals surface area contributed by atoms with Gasteiger partial charge in [0.1, 0.15) is 0 Å². The molecular formula is C18H28N2O2. The van der Waals surface area contributed by atoms with E-state index in [0.29, 0.717) is 23.6 Å². The molecule has 2 heterocycles. The van der Waals surface area contributed by atoms with E-state index >= 15 is 0 Å². The molecule has 0 N–H and O–H groups in total. The molecule has 1 saturated heterocycles. The number of rotatable bonds is 5. The summed E-state index contributed by atoms with van der Waals surface area (Å²) in [4.78, 5) is 14.9. The van der Waals surface area contributed by atoms with E-state index in [0.717, 1.165) is 37.9 Å². The van der Waals surface area contributed by atoms with Crippen molar-refractivity contribution >= 4 is 5.91 Å². The summed E-state index contributed by atoms with van der Waals surface area (Å²) in [5, 5.41) is 4.15. The predicted octanol–water partition coefficient (Wildman–Crippen LogP) is 4.37. The highest BCUT2D eigenvalue weighted by atomic mass is 16.5. The first kappa shape index (κ1) is 15.6. The van der Waals surface area contributed by atoms with Gasteiger partial charge in [0.2, 0.25) is 5.76 Å². The van der Waals surface area contributed by atoms with E-state index in [-0.39, 0.29) is 5.91 Å². The molecule has 1 aromatic heterocycles. The van der Waals surface area contributed by atoms with Gasteiger partial charge in [-0.2, -0.15) is 0 Å². The lowest BCUT2D eigenvalue weighted by Gasteiger charge is -2.28. The fraction of sp³-hybridized carbons (Fsp3) is 0.778. The third kappa shape index (κ3) is 2.92. The van der Waals surface area contributed by atoms with Crippen molar-refractivity contribution in [1.82, 2.24) is 10.1 Å². The molecule has 0 aromatic carbocycles. The molecule has 1 atom stereocenters. The second-order valence-electron chi connectivity index (χ2n) is 6.88. The van der Waals surface area contributed by atoms with Crippen molar-refractivity contribution < 1.29 is 9.32 Å². The summed E-state index contributed by atoms with van der Waals surface area (Å²) in [7, 11) is 0. The Morgan fingerprint density at radius 3 is 2.68 bits per heavy atom. The first-order valence-electron chi connectivity index (χ1n) is 9.02. The number of amides is 1. The monoisotopic (exact) mass is 304 g/mol. The number of nitrogens with zero attached hydrogens (tertiary/aromatic N) is 2. The number of hydrogen-bond donors (Lipinski definition) is 0. The van der Waals surface area contributed by atoms with Crippen LogP contribution in [0.3, 0.4) is 0 Å². The molecule has 1 aliphatic heterocycles. The van der Waals surface area contributed by atoms with E-state index < -0.39 is 0 Å². The zero-order valence-electron chi connectivity index (χ0n) is 13.9. The molecule has 1 aliphatic carbocycles. The summed E-state index contributed by atoms with van der Waals surface area (Å²) in [6.07, 6.45) is 9.56. The average Bonchev–Trinajstić information content (AvgIpc) is 3.27. The van der Waals surface area contributed by atoms with Crippen LogP contribution in [-0.4, -0.2) is 28.6 Å². The molecule has 1 amide bonds. The summed E-state index contributed by atoms with van der Waals surface area (Å²) in [6.45, 7) is 5.18. The Bertz CT molecular complexity index is 501. The van der Waals surface area contributed by atoms with Crippen LogP contribution in [0, 0.1) is 5.92 Å². The van der Waals surface area contributed by atoms with Gasteiger partial charge in [-0.05, 0) is 44.4 Å². The third-order valence-electron chi connectivity index (χ3n) is 5.65. The quantitative estimate of drug-likeness (QED) is 0.811. The summed E-state index contributed by atoms with van der Waals surface area (Å²) < 4.78 is 5.39. The van der Waals surface area contributed by atoms with Crippen LogP contribution in [0.4, 0.5) is 0 Å². The molecule has 1 aromatic rings. The number of aromatic nitrogens is 1. The van der Waals surface area contributed by atoms with Crippen molar-refractivity contribution in [3.63, 3.8) is 0 Å². The van der Waals surface area contributed by atoms with Crippen molar-refractivity contribution in [2.45, 2.75) is 77.2 Å². The molecule has 2 aliphatic rings. The van der Waals surface area contributed by atoms with Gasteiger partial charge >= 0.3 is 0 Å². The predicted molar refractivity (Wildman–Crippen MR) is 85.8 cm³/mol. The van der Waals surface area contributed by atoms with Crippen molar-refractivity contribution in [3.8, 4) is 0 Å². The highest BCUT2D eigenvalue weighted by Crippen LogP contribution is 2.36. The summed E-state index contributed by atoms with van der Waals surface area (Å²) in [5.41, 5.74) is 0.935. The van der Waals surface area contributed by atoms with Crippen LogP contribution in [0.25, 0.3) is 0 Å². The van der Waals surface area contributed by atoms with Gasteiger partial charge in [-0.3, -0.25) is 4.79 Å². The van der Waals surface area contributed by atoms with Gasteiger partial charge in [-0.1, -0.05) is 31.8 Å². The van der Waals surface area contributed by atoms with Crippen LogP contribution in [0.1, 0.15) is 87.4 Å². The van der Waals surface area contributed by atoms with Crippen molar-refractivity contribution in [2.24, 2.45) is 5.92 Å². The third-order valence-corrected chi connectivity index (χ3v) is 5.65. The molecule has 22 heavy (non-hydrogen) atoms. The molecule has 122 valence electrons. The number of likely N-dealkylation sites (tertiary alicyclic amines) is 1. The Balaban J connectivity index is 1.72. The van der Waals surface area contributed by atoms with Crippen LogP contribution in [0.2, 0.25) is 0 Å². The van der Waals surface area contributed by atoms with Gasteiger partial charge in [0, 0.05) is 24.6 Å². The molecule has 1 unspecified atom stereocenters. The standard InChI is InChI=1S/C18H28N2O2/c1-3-13(4-2)15-12-17(22-19-15)18(21)20-11-7-10-16(20)14-8-5-6-9-14/h12-14,16H,3-11H2,1-2H3. The van der Waals surface area contributed by atoms with E-state index in [4.69, 9.17) is 4.52 Å². The fourth-order valence-corrected chi connectivity index (χ4v) is 4.31. The zero-order chi connectivity index (χ0) is 15.5. The maximum atomic E-state index is 12.8. The zero-order valence-corrected chi connectivity index (χ0v) is 13.9. The Morgan fingerprint density at radius 1 is 1.27 bits per heavy atom. The maximum absolute atomic E-state index is 12.8. The normalized spacial score (nSPS) is 22.9. The summed E-state index contributed by atoms with van der Waals surface area (Å²) in [6, 6.07) is 2.31. The van der Waals surface area contributed by atoms with Gasteiger partial charge in [-0.25, -0.2) is 0 Å². The van der Waals surface area contributed by atoms with Gasteiger partial charge in [0.15, 0.2) is 0 Å². The fourth-order valence-electron chi connectivity index (χ4n) is 4.31. The van der Waals surface area contributed by atoms with Crippen molar-refractivity contribution in [2.75, 3.05) is 6.54 Å². The van der Waals surface area contributed by atoms with Gasteiger partial charge in [-0.15, -0.1) is 0 Å². The highest BCUT2D eigenvalue weighted by molar-refractivity contribution is 5.92. The molecule has 0 spiro atoms. The lowest BCUT2D eigenvalue weighted by atomic mass is 9.96. The minimum Gasteiger partial charge on any atom is -0.351 e. The Morgan fingerprint density at radius 2 is 2.00 bits per heavy atom. The first-order valence-corrected chi connectivity index (χ1v) is 9.02. The minimum atomic E-state index is 0.0547. The van der Waals surface area contributed by atoms with Crippen molar-refractivity contribution in [3.05, 3.63) is 17.5 Å². The maximum Gasteiger partial charge on any atom is 0.292 e. The molecule has 4 heteroatoms. The molecule has 0 bridgehead atoms. The number of carbonyl (C=O) groups is 1. The van der Waals surface area contributed by atoms with Crippen LogP contribution < -0.4 is 0 Å². The largest absolute Gasteiger partial charge is 0.351 e. The topological polar surface area (TPSA) is 46.3 Å². The van der Waals surface area contributed by atoms with E-state index in [1.54, 1.807) is 0 Å². The molecular weight excluding hydrogens is 276 g/mol. The highest BCUT2D eigenvalue weighted by Gasteiger charge is 2.37. The average molecular weight is 304 g/mol. The van der Waals surface area contributed by atoms with E-state index in [2.05, 4.69) is 23.9 Å². The van der Waals surface area contributed by atoms with E-state index in [1.165, 1.54) is 25.7 Å². The molecule has 3 rings (SSSR count). The second-order valence-corrected chi connectivity index (χ2v) is 6.88. The van der Waals surface area contributed by atoms with Crippen LogP contribution in [-0.2, 0) is 0 Å². The van der Waals surface area contributed by atoms with E-state index in [9.17, 15) is 4.79 Å². The lowest BCUT2D eigenvalue weighted by molar-refractivity contribution is 0.0647. The Kier molecular flexibility index (Phi) is 4.84. The number of hydrogen-bond acceptors (Lipinski definition) is 3.